The molecule has 4 rings (SSSR count). The summed E-state index contributed by atoms with van der Waals surface area (Å²) < 4.78 is 41.2. The predicted octanol–water partition coefficient (Wildman–Crippen LogP) is -6.53. The Morgan fingerprint density at radius 3 is 2.71 bits per heavy atom. The van der Waals surface area contributed by atoms with Gasteiger partial charge in [0, 0.05) is 12.4 Å². The Kier molecular flexibility index (Phi) is 7.89. The Bertz CT molecular complexity index is 1330. The van der Waals surface area contributed by atoms with E-state index in [4.69, 9.17) is 10.5 Å². The van der Waals surface area contributed by atoms with E-state index in [2.05, 4.69) is 23.8 Å². The number of aliphatic hydroxyl groups is 2. The number of nitrogen functional groups attached to an aromatic ring is 1. The summed E-state index contributed by atoms with van der Waals surface area (Å²) in [6.07, 6.45) is -1.76. The molecular formula is C14H18N7NaO10P2. The van der Waals surface area contributed by atoms with Gasteiger partial charge in [-0.1, -0.05) is 4.98 Å². The third-order valence-electron chi connectivity index (χ3n) is 4.77. The van der Waals surface area contributed by atoms with Gasteiger partial charge in [0.15, 0.2) is 6.33 Å². The monoisotopic (exact) mass is 529 g/mol. The summed E-state index contributed by atoms with van der Waals surface area (Å²) in [5, 5.41) is 20.7. The van der Waals surface area contributed by atoms with Gasteiger partial charge in [0.25, 0.3) is 19.3 Å². The number of aromatic amines is 1. The van der Waals surface area contributed by atoms with Crippen LogP contribution in [0.1, 0.15) is 6.23 Å². The first-order valence-electron chi connectivity index (χ1n) is 9.14. The van der Waals surface area contributed by atoms with Crippen molar-refractivity contribution in [3.8, 4) is 0 Å². The zero-order valence-electron chi connectivity index (χ0n) is 17.7. The van der Waals surface area contributed by atoms with Gasteiger partial charge >= 0.3 is 35.2 Å². The number of nitrogens with two attached hydrogens (primary N) is 1. The number of nitrogens with zero attached hydrogens (tertiary/aromatic N) is 5. The van der Waals surface area contributed by atoms with Gasteiger partial charge in [0.05, 0.1) is 13.7 Å². The molecule has 34 heavy (non-hydrogen) atoms. The maximum absolute atomic E-state index is 12.2. The molecule has 2 unspecified atom stereocenters. The minimum absolute atomic E-state index is 0. The number of hydrogen-bond acceptors (Lipinski definition) is 13. The molecule has 17 nitrogen and oxygen atoms in total. The van der Waals surface area contributed by atoms with Crippen LogP contribution in [0.25, 0.3) is 11.2 Å². The van der Waals surface area contributed by atoms with Crippen molar-refractivity contribution < 1.29 is 76.8 Å². The van der Waals surface area contributed by atoms with Crippen LogP contribution >= 0.6 is 15.6 Å². The standard InChI is InChI=1S/C14H19N7O10P2.Na/c1-19-6-21(11-8(19)12(24)18-14(15)17-11)13-10(23)9(22)7(30-13)4-29-33(27,28)31-32(25,26)20-3-2-16-5-20;/h2-3,5-7,9-10,13,22-23H,4H2,1H3,(H4-,15,17,18,24,25,26,27,28);/q;+1/p-1/t7-,9-,10-,13-;/m1./s1. The third kappa shape index (κ3) is 5.21. The normalized spacial score (nSPS) is 26.1. The molecule has 3 aromatic heterocycles. The van der Waals surface area contributed by atoms with Gasteiger partial charge in [0.2, 0.25) is 19.5 Å². The number of fused-ring (bicyclic) bond motifs is 1. The second-order valence-corrected chi connectivity index (χ2v) is 10.2. The van der Waals surface area contributed by atoms with E-state index in [9.17, 15) is 33.9 Å². The van der Waals surface area contributed by atoms with Crippen molar-refractivity contribution in [1.29, 1.82) is 0 Å². The second-order valence-electron chi connectivity index (χ2n) is 7.04. The summed E-state index contributed by atoms with van der Waals surface area (Å²) >= 11 is 0. The summed E-state index contributed by atoms with van der Waals surface area (Å²) in [5.41, 5.74) is 5.14. The molecule has 0 saturated carbocycles. The summed E-state index contributed by atoms with van der Waals surface area (Å²) in [6, 6.07) is 0. The van der Waals surface area contributed by atoms with Crippen LogP contribution in [0.5, 0.6) is 0 Å². The fourth-order valence-electron chi connectivity index (χ4n) is 3.31. The van der Waals surface area contributed by atoms with E-state index in [1.165, 1.54) is 22.5 Å². The van der Waals surface area contributed by atoms with Crippen molar-refractivity contribution in [2.75, 3.05) is 12.3 Å². The summed E-state index contributed by atoms with van der Waals surface area (Å²) in [5.74, 6) is -0.204. The number of hydrogen-bond donors (Lipinski definition) is 4. The molecule has 1 aliphatic rings. The zero-order valence-corrected chi connectivity index (χ0v) is 21.5. The minimum atomic E-state index is -5.43. The van der Waals surface area contributed by atoms with Gasteiger partial charge in [-0.05, 0) is 0 Å². The van der Waals surface area contributed by atoms with Gasteiger partial charge in [-0.25, -0.2) is 9.55 Å². The van der Waals surface area contributed by atoms with E-state index in [0.717, 1.165) is 18.7 Å². The van der Waals surface area contributed by atoms with Crippen LogP contribution in [0.4, 0.5) is 5.95 Å². The minimum Gasteiger partial charge on any atom is -0.761 e. The molecule has 1 aliphatic heterocycles. The van der Waals surface area contributed by atoms with Crippen molar-refractivity contribution in [2.45, 2.75) is 24.5 Å². The third-order valence-corrected chi connectivity index (χ3v) is 7.67. The average molecular weight is 529 g/mol. The van der Waals surface area contributed by atoms with E-state index < -0.39 is 52.3 Å². The smallest absolute Gasteiger partial charge is 0.761 e. The number of aliphatic hydroxyl groups excluding tert-OH is 2. The number of phosphoric ester groups is 1. The van der Waals surface area contributed by atoms with E-state index >= 15 is 0 Å². The number of nitrogens with one attached hydrogen (secondary N) is 1. The maximum atomic E-state index is 12.2. The van der Waals surface area contributed by atoms with Crippen LogP contribution in [0.2, 0.25) is 0 Å². The number of H-pyrrole nitrogens is 1. The Balaban J connectivity index is 0.00000324. The number of rotatable bonds is 7. The van der Waals surface area contributed by atoms with Crippen LogP contribution in [0.15, 0.2) is 29.8 Å². The molecule has 0 bridgehead atoms. The number of anilines is 1. The molecule has 0 aliphatic carbocycles. The SMILES string of the molecule is Cn1c[n+]([C@@H]2O[C@H](COP(=O)([O-])OP(=O)([O-])n3ccnc3)[C@@H](O)[C@H]2O)c2nc(N)[nH]c(=O)c21.[Na+]. The Labute approximate surface area is 212 Å². The molecule has 0 radical (unpaired) electrons. The van der Waals surface area contributed by atoms with Gasteiger partial charge < -0.3 is 35.0 Å². The summed E-state index contributed by atoms with van der Waals surface area (Å²) in [7, 11) is -9.01. The fraction of sp³-hybridized carbons (Fsp3) is 0.429. The van der Waals surface area contributed by atoms with Crippen LogP contribution in [0, 0.1) is 0 Å². The molecular weight excluding hydrogens is 511 g/mol. The average Bonchev–Trinajstić information content (AvgIpc) is 3.41. The van der Waals surface area contributed by atoms with E-state index in [1.807, 2.05) is 0 Å². The van der Waals surface area contributed by atoms with Gasteiger partial charge in [-0.2, -0.15) is 0 Å². The molecule has 1 saturated heterocycles. The van der Waals surface area contributed by atoms with Crippen LogP contribution < -0.4 is 55.2 Å². The molecule has 3 aromatic rings. The second kappa shape index (κ2) is 9.89. The molecule has 4 heterocycles. The molecule has 0 spiro atoms. The number of aryl methyl sites for hydroxylation is 1. The molecule has 5 N–H and O–H groups in total. The number of aromatic nitrogens is 6. The first-order valence-corrected chi connectivity index (χ1v) is 12.1. The van der Waals surface area contributed by atoms with Gasteiger partial charge in [-0.15, -0.1) is 0 Å². The van der Waals surface area contributed by atoms with Crippen LogP contribution in [0.3, 0.4) is 0 Å². The summed E-state index contributed by atoms with van der Waals surface area (Å²) in [4.78, 5) is 45.9. The van der Waals surface area contributed by atoms with E-state index in [1.54, 1.807) is 0 Å². The Hall–Kier alpha value is -1.46. The van der Waals surface area contributed by atoms with Crippen molar-refractivity contribution in [1.82, 2.24) is 23.9 Å². The molecule has 20 heteroatoms. The first kappa shape index (κ1) is 27.1. The fourth-order valence-corrected chi connectivity index (χ4v) is 5.58. The summed E-state index contributed by atoms with van der Waals surface area (Å²) in [6.45, 7) is -0.888. The first-order chi connectivity index (χ1) is 15.4. The number of phosphoric acid groups is 1. The molecule has 6 atom stereocenters. The Morgan fingerprint density at radius 1 is 1.35 bits per heavy atom. The number of imidazole rings is 2. The van der Waals surface area contributed by atoms with Crippen molar-refractivity contribution >= 4 is 32.7 Å². The Morgan fingerprint density at radius 2 is 2.06 bits per heavy atom. The predicted molar refractivity (Wildman–Crippen MR) is 102 cm³/mol. The molecule has 0 aromatic carbocycles. The molecule has 180 valence electrons. The molecule has 1 fully saturated rings. The van der Waals surface area contributed by atoms with Crippen LogP contribution in [-0.4, -0.2) is 59.0 Å². The largest absolute Gasteiger partial charge is 1.00 e. The van der Waals surface area contributed by atoms with Crippen molar-refractivity contribution in [3.63, 3.8) is 0 Å². The van der Waals surface area contributed by atoms with Crippen molar-refractivity contribution in [2.24, 2.45) is 7.05 Å². The zero-order chi connectivity index (χ0) is 24.1. The number of ether oxygens (including phenoxy) is 1. The van der Waals surface area contributed by atoms with E-state index in [-0.39, 0.29) is 46.7 Å². The van der Waals surface area contributed by atoms with Gasteiger partial charge in [0.1, 0.15) is 24.6 Å². The quantitative estimate of drug-likeness (QED) is 0.126. The van der Waals surface area contributed by atoms with Gasteiger partial charge in [-0.3, -0.25) is 32.1 Å². The maximum Gasteiger partial charge on any atom is 1.00 e. The van der Waals surface area contributed by atoms with Crippen molar-refractivity contribution in [3.05, 3.63) is 35.4 Å². The topological polar surface area (TPSA) is 247 Å². The van der Waals surface area contributed by atoms with E-state index in [0.29, 0.717) is 4.34 Å². The van der Waals surface area contributed by atoms with Crippen LogP contribution in [-0.2, 0) is 29.7 Å². The molecule has 0 amide bonds.